The van der Waals surface area contributed by atoms with Gasteiger partial charge in [-0.3, -0.25) is 0 Å². The fourth-order valence-electron chi connectivity index (χ4n) is 2.73. The van der Waals surface area contributed by atoms with E-state index in [4.69, 9.17) is 5.73 Å². The van der Waals surface area contributed by atoms with Gasteiger partial charge >= 0.3 is 0 Å². The lowest BCUT2D eigenvalue weighted by Crippen LogP contribution is -2.20. The maximum atomic E-state index is 5.77. The summed E-state index contributed by atoms with van der Waals surface area (Å²) in [6.45, 7) is 2.94. The van der Waals surface area contributed by atoms with Crippen LogP contribution in [0.5, 0.6) is 0 Å². The molecule has 2 N–H and O–H groups in total. The Balaban J connectivity index is 2.04. The summed E-state index contributed by atoms with van der Waals surface area (Å²) in [5.74, 6) is 1.68. The molecule has 0 aromatic carbocycles. The summed E-state index contributed by atoms with van der Waals surface area (Å²) < 4.78 is 2.30. The van der Waals surface area contributed by atoms with Crippen molar-refractivity contribution in [2.75, 3.05) is 6.54 Å². The highest BCUT2D eigenvalue weighted by molar-refractivity contribution is 4.92. The monoisotopic (exact) mass is 236 g/mol. The molecule has 0 amide bonds. The SMILES string of the molecule is CCC(CN)Cc1nncn1C1CCCCC1. The standard InChI is InChI=1S/C13H24N4/c1-2-11(9-14)8-13-16-15-10-17(13)12-6-4-3-5-7-12/h10-12H,2-9,14H2,1H3. The molecule has 1 aliphatic carbocycles. The molecule has 4 nitrogen and oxygen atoms in total. The molecule has 4 heteroatoms. The van der Waals surface area contributed by atoms with Crippen LogP contribution in [0.3, 0.4) is 0 Å². The van der Waals surface area contributed by atoms with E-state index in [1.165, 1.54) is 32.1 Å². The minimum absolute atomic E-state index is 0.543. The van der Waals surface area contributed by atoms with Crippen LogP contribution >= 0.6 is 0 Å². The Morgan fingerprint density at radius 2 is 2.18 bits per heavy atom. The molecule has 1 fully saturated rings. The second kappa shape index (κ2) is 6.15. The normalized spacial score (nSPS) is 19.4. The third kappa shape index (κ3) is 3.06. The summed E-state index contributed by atoms with van der Waals surface area (Å²) in [5.41, 5.74) is 5.77. The van der Waals surface area contributed by atoms with Gasteiger partial charge < -0.3 is 10.3 Å². The number of nitrogens with zero attached hydrogens (tertiary/aromatic N) is 3. The number of nitrogens with two attached hydrogens (primary N) is 1. The summed E-state index contributed by atoms with van der Waals surface area (Å²) in [6.07, 6.45) is 10.6. The smallest absolute Gasteiger partial charge is 0.133 e. The van der Waals surface area contributed by atoms with Gasteiger partial charge in [0.15, 0.2) is 0 Å². The Kier molecular flexibility index (Phi) is 4.54. The topological polar surface area (TPSA) is 56.7 Å². The van der Waals surface area contributed by atoms with E-state index in [0.29, 0.717) is 12.0 Å². The van der Waals surface area contributed by atoms with Crippen LogP contribution < -0.4 is 5.73 Å². The van der Waals surface area contributed by atoms with E-state index < -0.39 is 0 Å². The molecule has 1 saturated carbocycles. The van der Waals surface area contributed by atoms with Crippen molar-refractivity contribution in [3.8, 4) is 0 Å². The van der Waals surface area contributed by atoms with Crippen molar-refractivity contribution in [3.05, 3.63) is 12.2 Å². The minimum Gasteiger partial charge on any atom is -0.330 e. The van der Waals surface area contributed by atoms with Crippen molar-refractivity contribution in [3.63, 3.8) is 0 Å². The molecule has 0 spiro atoms. The van der Waals surface area contributed by atoms with Gasteiger partial charge in [0.05, 0.1) is 0 Å². The molecule has 1 aliphatic rings. The van der Waals surface area contributed by atoms with Crippen LogP contribution in [0.1, 0.15) is 57.3 Å². The van der Waals surface area contributed by atoms with Gasteiger partial charge in [0, 0.05) is 12.5 Å². The Morgan fingerprint density at radius 3 is 2.82 bits per heavy atom. The average Bonchev–Trinajstić information content (AvgIpc) is 2.85. The first-order valence-corrected chi connectivity index (χ1v) is 6.93. The van der Waals surface area contributed by atoms with Gasteiger partial charge in [0.1, 0.15) is 12.2 Å². The lowest BCUT2D eigenvalue weighted by molar-refractivity contribution is 0.339. The third-order valence-corrected chi connectivity index (χ3v) is 4.00. The largest absolute Gasteiger partial charge is 0.330 e. The van der Waals surface area contributed by atoms with Crippen LogP contribution in [-0.4, -0.2) is 21.3 Å². The summed E-state index contributed by atoms with van der Waals surface area (Å²) in [6, 6.07) is 0.629. The van der Waals surface area contributed by atoms with Gasteiger partial charge in [-0.1, -0.05) is 32.6 Å². The number of aromatic nitrogens is 3. The van der Waals surface area contributed by atoms with Gasteiger partial charge in [0.2, 0.25) is 0 Å². The van der Waals surface area contributed by atoms with Gasteiger partial charge in [-0.15, -0.1) is 10.2 Å². The lowest BCUT2D eigenvalue weighted by atomic mass is 9.94. The zero-order valence-corrected chi connectivity index (χ0v) is 10.8. The average molecular weight is 236 g/mol. The summed E-state index contributed by atoms with van der Waals surface area (Å²) in [5, 5.41) is 8.38. The Bertz CT molecular complexity index is 324. The molecule has 1 aromatic rings. The second-order valence-electron chi connectivity index (χ2n) is 5.16. The van der Waals surface area contributed by atoms with E-state index in [1.54, 1.807) is 0 Å². The summed E-state index contributed by atoms with van der Waals surface area (Å²) in [7, 11) is 0. The number of hydrogen-bond acceptors (Lipinski definition) is 3. The van der Waals surface area contributed by atoms with Crippen molar-refractivity contribution < 1.29 is 0 Å². The van der Waals surface area contributed by atoms with Crippen molar-refractivity contribution in [2.24, 2.45) is 11.7 Å². The van der Waals surface area contributed by atoms with Crippen LogP contribution in [0.15, 0.2) is 6.33 Å². The maximum Gasteiger partial charge on any atom is 0.133 e. The predicted molar refractivity (Wildman–Crippen MR) is 68.7 cm³/mol. The van der Waals surface area contributed by atoms with E-state index in [1.807, 2.05) is 6.33 Å². The van der Waals surface area contributed by atoms with Gasteiger partial charge in [-0.2, -0.15) is 0 Å². The zero-order valence-electron chi connectivity index (χ0n) is 10.8. The van der Waals surface area contributed by atoms with Gasteiger partial charge in [-0.25, -0.2) is 0 Å². The Labute approximate surface area is 104 Å². The van der Waals surface area contributed by atoms with Gasteiger partial charge in [0.25, 0.3) is 0 Å². The molecule has 17 heavy (non-hydrogen) atoms. The molecular weight excluding hydrogens is 212 g/mol. The zero-order chi connectivity index (χ0) is 12.1. The van der Waals surface area contributed by atoms with Crippen LogP contribution in [-0.2, 0) is 6.42 Å². The Morgan fingerprint density at radius 1 is 1.41 bits per heavy atom. The number of rotatable bonds is 5. The van der Waals surface area contributed by atoms with Crippen molar-refractivity contribution in [1.82, 2.24) is 14.8 Å². The van der Waals surface area contributed by atoms with Crippen molar-refractivity contribution >= 4 is 0 Å². The molecule has 0 bridgehead atoms. The molecule has 1 atom stereocenters. The van der Waals surface area contributed by atoms with E-state index in [0.717, 1.165) is 25.2 Å². The molecule has 1 aromatic heterocycles. The molecule has 0 saturated heterocycles. The third-order valence-electron chi connectivity index (χ3n) is 4.00. The first kappa shape index (κ1) is 12.6. The highest BCUT2D eigenvalue weighted by atomic mass is 15.3. The van der Waals surface area contributed by atoms with E-state index in [9.17, 15) is 0 Å². The minimum atomic E-state index is 0.543. The summed E-state index contributed by atoms with van der Waals surface area (Å²) in [4.78, 5) is 0. The molecule has 2 rings (SSSR count). The number of hydrogen-bond donors (Lipinski definition) is 1. The molecular formula is C13H24N4. The first-order valence-electron chi connectivity index (χ1n) is 6.93. The molecule has 1 heterocycles. The highest BCUT2D eigenvalue weighted by Gasteiger charge is 2.19. The van der Waals surface area contributed by atoms with Crippen LogP contribution in [0.2, 0.25) is 0 Å². The Hall–Kier alpha value is -0.900. The fourth-order valence-corrected chi connectivity index (χ4v) is 2.73. The maximum absolute atomic E-state index is 5.77. The van der Waals surface area contributed by atoms with Crippen LogP contribution in [0.4, 0.5) is 0 Å². The quantitative estimate of drug-likeness (QED) is 0.853. The molecule has 0 radical (unpaired) electrons. The molecule has 1 unspecified atom stereocenters. The predicted octanol–water partition coefficient (Wildman–Crippen LogP) is 2.31. The molecule has 0 aliphatic heterocycles. The second-order valence-corrected chi connectivity index (χ2v) is 5.16. The first-order chi connectivity index (χ1) is 8.35. The fraction of sp³-hybridized carbons (Fsp3) is 0.846. The van der Waals surface area contributed by atoms with E-state index in [-0.39, 0.29) is 0 Å². The van der Waals surface area contributed by atoms with Crippen molar-refractivity contribution in [2.45, 2.75) is 57.9 Å². The highest BCUT2D eigenvalue weighted by Crippen LogP contribution is 2.29. The molecule has 96 valence electrons. The van der Waals surface area contributed by atoms with Crippen LogP contribution in [0, 0.1) is 5.92 Å². The summed E-state index contributed by atoms with van der Waals surface area (Å²) >= 11 is 0. The van der Waals surface area contributed by atoms with Gasteiger partial charge in [-0.05, 0) is 25.3 Å². The van der Waals surface area contributed by atoms with E-state index in [2.05, 4.69) is 21.7 Å². The van der Waals surface area contributed by atoms with Crippen LogP contribution in [0.25, 0.3) is 0 Å². The van der Waals surface area contributed by atoms with Crippen molar-refractivity contribution in [1.29, 1.82) is 0 Å². The van der Waals surface area contributed by atoms with E-state index >= 15 is 0 Å². The lowest BCUT2D eigenvalue weighted by Gasteiger charge is -2.24.